The summed E-state index contributed by atoms with van der Waals surface area (Å²) in [5.41, 5.74) is 0.509. The minimum Gasteiger partial charge on any atom is -0.393 e. The van der Waals surface area contributed by atoms with Gasteiger partial charge in [-0.15, -0.1) is 0 Å². The summed E-state index contributed by atoms with van der Waals surface area (Å²) < 4.78 is 0. The van der Waals surface area contributed by atoms with Gasteiger partial charge in [0.25, 0.3) is 0 Å². The SMILES string of the molecule is CC1(C)CC[C@@H](O)[C@H]2[C@@H]3CCC[C@@H]3[C@@H]21. The van der Waals surface area contributed by atoms with Gasteiger partial charge in [0.2, 0.25) is 0 Å². The van der Waals surface area contributed by atoms with Crippen LogP contribution in [0.25, 0.3) is 0 Å². The molecule has 0 bridgehead atoms. The van der Waals surface area contributed by atoms with Gasteiger partial charge in [0, 0.05) is 0 Å². The van der Waals surface area contributed by atoms with E-state index in [9.17, 15) is 5.11 Å². The zero-order valence-electron chi connectivity index (χ0n) is 9.37. The Morgan fingerprint density at radius 1 is 1.07 bits per heavy atom. The van der Waals surface area contributed by atoms with Crippen LogP contribution in [0.15, 0.2) is 0 Å². The second-order valence-corrected chi connectivity index (χ2v) is 6.46. The fraction of sp³-hybridized carbons (Fsp3) is 1.00. The molecule has 5 atom stereocenters. The van der Waals surface area contributed by atoms with Gasteiger partial charge in [0.05, 0.1) is 6.10 Å². The van der Waals surface area contributed by atoms with Crippen LogP contribution in [-0.4, -0.2) is 11.2 Å². The highest BCUT2D eigenvalue weighted by Gasteiger charge is 2.61. The number of aliphatic hydroxyl groups excluding tert-OH is 1. The predicted molar refractivity (Wildman–Crippen MR) is 56.8 cm³/mol. The van der Waals surface area contributed by atoms with Gasteiger partial charge in [-0.1, -0.05) is 20.3 Å². The van der Waals surface area contributed by atoms with Gasteiger partial charge in [-0.25, -0.2) is 0 Å². The van der Waals surface area contributed by atoms with Gasteiger partial charge < -0.3 is 5.11 Å². The maximum absolute atomic E-state index is 10.1. The Morgan fingerprint density at radius 2 is 1.79 bits per heavy atom. The maximum atomic E-state index is 10.1. The summed E-state index contributed by atoms with van der Waals surface area (Å²) in [6.45, 7) is 4.84. The highest BCUT2D eigenvalue weighted by atomic mass is 16.3. The van der Waals surface area contributed by atoms with E-state index in [0.29, 0.717) is 11.3 Å². The number of aliphatic hydroxyl groups is 1. The lowest BCUT2D eigenvalue weighted by Gasteiger charge is -2.61. The molecule has 0 aromatic rings. The van der Waals surface area contributed by atoms with E-state index in [-0.39, 0.29) is 6.10 Å². The average Bonchev–Trinajstić information content (AvgIpc) is 2.44. The monoisotopic (exact) mass is 194 g/mol. The molecule has 1 nitrogen and oxygen atoms in total. The van der Waals surface area contributed by atoms with Gasteiger partial charge in [-0.3, -0.25) is 0 Å². The first-order chi connectivity index (χ1) is 6.61. The third-order valence-electron chi connectivity index (χ3n) is 5.43. The Labute approximate surface area is 86.9 Å². The molecule has 3 aliphatic carbocycles. The Morgan fingerprint density at radius 3 is 2.57 bits per heavy atom. The lowest BCUT2D eigenvalue weighted by atomic mass is 9.45. The number of rotatable bonds is 0. The molecule has 3 saturated carbocycles. The van der Waals surface area contributed by atoms with Crippen molar-refractivity contribution in [1.29, 1.82) is 0 Å². The van der Waals surface area contributed by atoms with Crippen LogP contribution in [0.4, 0.5) is 0 Å². The summed E-state index contributed by atoms with van der Waals surface area (Å²) in [6.07, 6.45) is 6.59. The third-order valence-corrected chi connectivity index (χ3v) is 5.43. The highest BCUT2D eigenvalue weighted by Crippen LogP contribution is 2.65. The van der Waals surface area contributed by atoms with Crippen molar-refractivity contribution in [2.75, 3.05) is 0 Å². The summed E-state index contributed by atoms with van der Waals surface area (Å²) in [5, 5.41) is 10.1. The lowest BCUT2D eigenvalue weighted by molar-refractivity contribution is -0.167. The predicted octanol–water partition coefficient (Wildman–Crippen LogP) is 2.83. The van der Waals surface area contributed by atoms with E-state index in [0.717, 1.165) is 24.2 Å². The Balaban J connectivity index is 1.88. The smallest absolute Gasteiger partial charge is 0.0574 e. The summed E-state index contributed by atoms with van der Waals surface area (Å²) in [4.78, 5) is 0. The molecule has 0 amide bonds. The second-order valence-electron chi connectivity index (χ2n) is 6.46. The van der Waals surface area contributed by atoms with Crippen molar-refractivity contribution >= 4 is 0 Å². The van der Waals surface area contributed by atoms with Crippen molar-refractivity contribution < 1.29 is 5.11 Å². The van der Waals surface area contributed by atoms with Crippen LogP contribution in [0.3, 0.4) is 0 Å². The van der Waals surface area contributed by atoms with Gasteiger partial charge >= 0.3 is 0 Å². The van der Waals surface area contributed by atoms with E-state index in [1.54, 1.807) is 0 Å². The topological polar surface area (TPSA) is 20.2 Å². The van der Waals surface area contributed by atoms with E-state index in [1.165, 1.54) is 25.7 Å². The fourth-order valence-corrected chi connectivity index (χ4v) is 4.85. The molecule has 0 radical (unpaired) electrons. The molecule has 0 saturated heterocycles. The van der Waals surface area contributed by atoms with E-state index >= 15 is 0 Å². The largest absolute Gasteiger partial charge is 0.393 e. The molecule has 0 aromatic heterocycles. The van der Waals surface area contributed by atoms with Crippen LogP contribution >= 0.6 is 0 Å². The van der Waals surface area contributed by atoms with Crippen LogP contribution in [-0.2, 0) is 0 Å². The Kier molecular flexibility index (Phi) is 1.81. The minimum atomic E-state index is 0.0346. The van der Waals surface area contributed by atoms with Crippen molar-refractivity contribution in [3.63, 3.8) is 0 Å². The molecule has 1 heteroatoms. The van der Waals surface area contributed by atoms with Gasteiger partial charge in [-0.05, 0) is 54.8 Å². The average molecular weight is 194 g/mol. The Bertz CT molecular complexity index is 246. The van der Waals surface area contributed by atoms with Gasteiger partial charge in [-0.2, -0.15) is 0 Å². The summed E-state index contributed by atoms with van der Waals surface area (Å²) >= 11 is 0. The quantitative estimate of drug-likeness (QED) is 0.628. The van der Waals surface area contributed by atoms with Crippen LogP contribution in [0, 0.1) is 29.1 Å². The van der Waals surface area contributed by atoms with E-state index < -0.39 is 0 Å². The maximum Gasteiger partial charge on any atom is 0.0574 e. The molecule has 0 spiro atoms. The molecule has 1 N–H and O–H groups in total. The minimum absolute atomic E-state index is 0.0346. The zero-order valence-corrected chi connectivity index (χ0v) is 9.37. The van der Waals surface area contributed by atoms with Crippen molar-refractivity contribution in [3.05, 3.63) is 0 Å². The molecule has 14 heavy (non-hydrogen) atoms. The molecule has 80 valence electrons. The number of fused-ring (bicyclic) bond motifs is 4. The normalized spacial score (nSPS) is 54.6. The van der Waals surface area contributed by atoms with Crippen LogP contribution in [0.5, 0.6) is 0 Å². The van der Waals surface area contributed by atoms with Crippen LogP contribution in [0.1, 0.15) is 46.0 Å². The molecule has 3 aliphatic rings. The highest BCUT2D eigenvalue weighted by molar-refractivity contribution is 5.09. The van der Waals surface area contributed by atoms with Crippen molar-refractivity contribution in [2.45, 2.75) is 52.1 Å². The van der Waals surface area contributed by atoms with Gasteiger partial charge in [0.1, 0.15) is 0 Å². The molecule has 0 heterocycles. The van der Waals surface area contributed by atoms with E-state index in [1.807, 2.05) is 0 Å². The number of hydrogen-bond acceptors (Lipinski definition) is 1. The lowest BCUT2D eigenvalue weighted by Crippen LogP contribution is -2.58. The van der Waals surface area contributed by atoms with E-state index in [2.05, 4.69) is 13.8 Å². The number of hydrogen-bond donors (Lipinski definition) is 1. The van der Waals surface area contributed by atoms with Crippen molar-refractivity contribution in [3.8, 4) is 0 Å². The zero-order chi connectivity index (χ0) is 9.92. The van der Waals surface area contributed by atoms with Crippen molar-refractivity contribution in [1.82, 2.24) is 0 Å². The fourth-order valence-electron chi connectivity index (χ4n) is 4.85. The molecular formula is C13H22O. The summed E-state index contributed by atoms with van der Waals surface area (Å²) in [7, 11) is 0. The molecule has 0 aliphatic heterocycles. The van der Waals surface area contributed by atoms with Gasteiger partial charge in [0.15, 0.2) is 0 Å². The molecule has 0 unspecified atom stereocenters. The summed E-state index contributed by atoms with van der Waals surface area (Å²) in [5.74, 6) is 3.39. The van der Waals surface area contributed by atoms with Crippen molar-refractivity contribution in [2.24, 2.45) is 29.1 Å². The third kappa shape index (κ3) is 0.997. The molecule has 3 fully saturated rings. The summed E-state index contributed by atoms with van der Waals surface area (Å²) in [6, 6.07) is 0. The molecular weight excluding hydrogens is 172 g/mol. The second kappa shape index (κ2) is 2.75. The molecule has 0 aromatic carbocycles. The first-order valence-electron chi connectivity index (χ1n) is 6.29. The van der Waals surface area contributed by atoms with Crippen LogP contribution < -0.4 is 0 Å². The first kappa shape index (κ1) is 9.21. The standard InChI is InChI=1S/C13H22O/c1-13(2)7-6-10(14)11-8-4-3-5-9(8)12(11)13/h8-12,14H,3-7H2,1-2H3/t8-,9+,10-,11-,12+/m1/s1. The van der Waals surface area contributed by atoms with E-state index in [4.69, 9.17) is 0 Å². The van der Waals surface area contributed by atoms with Crippen LogP contribution in [0.2, 0.25) is 0 Å². The molecule has 3 rings (SSSR count). The first-order valence-corrected chi connectivity index (χ1v) is 6.29. The Hall–Kier alpha value is -0.0400.